The molecule has 0 saturated carbocycles. The number of benzene rings is 1. The van der Waals surface area contributed by atoms with E-state index in [4.69, 9.17) is 4.74 Å². The Bertz CT molecular complexity index is 638. The van der Waals surface area contributed by atoms with Crippen molar-refractivity contribution in [2.75, 3.05) is 12.4 Å². The van der Waals surface area contributed by atoms with E-state index in [1.165, 1.54) is 0 Å². The first-order valence-corrected chi connectivity index (χ1v) is 8.05. The summed E-state index contributed by atoms with van der Waals surface area (Å²) in [6.45, 7) is 0.636. The molecule has 3 rings (SSSR count). The molecule has 0 aliphatic heterocycles. The summed E-state index contributed by atoms with van der Waals surface area (Å²) in [5.74, 6) is 2.53. The SMILES string of the molecule is c1ccc(OCCSc2n[nH]c(-c3cccs3)n2)cc1. The van der Waals surface area contributed by atoms with Crippen molar-refractivity contribution < 1.29 is 4.74 Å². The van der Waals surface area contributed by atoms with Gasteiger partial charge in [-0.05, 0) is 23.6 Å². The van der Waals surface area contributed by atoms with Crippen LogP contribution in [0, 0.1) is 0 Å². The van der Waals surface area contributed by atoms with Crippen molar-refractivity contribution in [1.82, 2.24) is 15.2 Å². The van der Waals surface area contributed by atoms with Gasteiger partial charge in [0.05, 0.1) is 11.5 Å². The van der Waals surface area contributed by atoms with Gasteiger partial charge < -0.3 is 4.74 Å². The molecule has 2 aromatic heterocycles. The van der Waals surface area contributed by atoms with E-state index in [-0.39, 0.29) is 0 Å². The van der Waals surface area contributed by atoms with Crippen molar-refractivity contribution in [1.29, 1.82) is 0 Å². The second-order valence-corrected chi connectivity index (χ2v) is 5.96. The molecule has 1 N–H and O–H groups in total. The van der Waals surface area contributed by atoms with Crippen LogP contribution in [0.3, 0.4) is 0 Å². The number of aromatic nitrogens is 3. The zero-order valence-electron chi connectivity index (χ0n) is 10.7. The number of aromatic amines is 1. The van der Waals surface area contributed by atoms with E-state index in [2.05, 4.69) is 15.2 Å². The lowest BCUT2D eigenvalue weighted by Crippen LogP contribution is -1.99. The van der Waals surface area contributed by atoms with Gasteiger partial charge in [-0.3, -0.25) is 5.10 Å². The normalized spacial score (nSPS) is 10.6. The Morgan fingerprint density at radius 1 is 1.15 bits per heavy atom. The quantitative estimate of drug-likeness (QED) is 0.557. The van der Waals surface area contributed by atoms with Gasteiger partial charge in [-0.1, -0.05) is 36.0 Å². The van der Waals surface area contributed by atoms with Gasteiger partial charge in [-0.15, -0.1) is 16.4 Å². The lowest BCUT2D eigenvalue weighted by atomic mass is 10.3. The van der Waals surface area contributed by atoms with Crippen molar-refractivity contribution in [2.45, 2.75) is 5.16 Å². The fourth-order valence-electron chi connectivity index (χ4n) is 1.64. The molecule has 0 aliphatic carbocycles. The number of thiophene rings is 1. The molecule has 0 aliphatic rings. The lowest BCUT2D eigenvalue weighted by Gasteiger charge is -2.03. The molecule has 0 amide bonds. The van der Waals surface area contributed by atoms with E-state index in [0.29, 0.717) is 6.61 Å². The van der Waals surface area contributed by atoms with Crippen LogP contribution in [-0.2, 0) is 0 Å². The number of thioether (sulfide) groups is 1. The molecule has 4 nitrogen and oxygen atoms in total. The van der Waals surface area contributed by atoms with Gasteiger partial charge in [0.25, 0.3) is 0 Å². The maximum Gasteiger partial charge on any atom is 0.208 e. The number of ether oxygens (including phenoxy) is 1. The average molecular weight is 303 g/mol. The molecule has 0 bridgehead atoms. The monoisotopic (exact) mass is 303 g/mol. The van der Waals surface area contributed by atoms with E-state index < -0.39 is 0 Å². The molecule has 0 fully saturated rings. The highest BCUT2D eigenvalue weighted by Crippen LogP contribution is 2.23. The molecule has 0 radical (unpaired) electrons. The zero-order chi connectivity index (χ0) is 13.6. The van der Waals surface area contributed by atoms with Gasteiger partial charge in [0.1, 0.15) is 5.75 Å². The number of hydrogen-bond donors (Lipinski definition) is 1. The van der Waals surface area contributed by atoms with Crippen LogP contribution >= 0.6 is 23.1 Å². The third kappa shape index (κ3) is 3.40. The fraction of sp³-hybridized carbons (Fsp3) is 0.143. The molecule has 0 unspecified atom stereocenters. The van der Waals surface area contributed by atoms with Crippen LogP contribution in [0.15, 0.2) is 53.0 Å². The molecule has 0 saturated heterocycles. The molecule has 20 heavy (non-hydrogen) atoms. The third-order valence-electron chi connectivity index (χ3n) is 2.55. The predicted molar refractivity (Wildman–Crippen MR) is 82.4 cm³/mol. The van der Waals surface area contributed by atoms with Gasteiger partial charge in [0, 0.05) is 5.75 Å². The molecule has 0 atom stereocenters. The first-order chi connectivity index (χ1) is 9.92. The van der Waals surface area contributed by atoms with Crippen molar-refractivity contribution in [3.05, 3.63) is 47.8 Å². The van der Waals surface area contributed by atoms with Crippen molar-refractivity contribution >= 4 is 23.1 Å². The van der Waals surface area contributed by atoms with Crippen molar-refractivity contribution in [3.8, 4) is 16.5 Å². The summed E-state index contributed by atoms with van der Waals surface area (Å²) in [5.41, 5.74) is 0. The van der Waals surface area contributed by atoms with Crippen molar-refractivity contribution in [2.24, 2.45) is 0 Å². The topological polar surface area (TPSA) is 50.8 Å². The Kier molecular flexibility index (Phi) is 4.35. The highest BCUT2D eigenvalue weighted by atomic mass is 32.2. The van der Waals surface area contributed by atoms with Crippen LogP contribution in [0.25, 0.3) is 10.7 Å². The Morgan fingerprint density at radius 3 is 2.85 bits per heavy atom. The number of hydrogen-bond acceptors (Lipinski definition) is 5. The number of H-pyrrole nitrogens is 1. The van der Waals surface area contributed by atoms with E-state index >= 15 is 0 Å². The molecular formula is C14H13N3OS2. The smallest absolute Gasteiger partial charge is 0.208 e. The van der Waals surface area contributed by atoms with E-state index in [1.54, 1.807) is 23.1 Å². The number of para-hydroxylation sites is 1. The van der Waals surface area contributed by atoms with Crippen LogP contribution in [0.2, 0.25) is 0 Å². The van der Waals surface area contributed by atoms with Gasteiger partial charge in [0.15, 0.2) is 5.82 Å². The highest BCUT2D eigenvalue weighted by Gasteiger charge is 2.06. The maximum atomic E-state index is 5.62. The predicted octanol–water partition coefficient (Wildman–Crippen LogP) is 3.70. The lowest BCUT2D eigenvalue weighted by molar-refractivity contribution is 0.344. The fourth-order valence-corrected chi connectivity index (χ4v) is 2.92. The number of rotatable bonds is 6. The van der Waals surface area contributed by atoms with Crippen LogP contribution in [-0.4, -0.2) is 27.5 Å². The summed E-state index contributed by atoms with van der Waals surface area (Å²) in [6.07, 6.45) is 0. The van der Waals surface area contributed by atoms with Gasteiger partial charge >= 0.3 is 0 Å². The van der Waals surface area contributed by atoms with Gasteiger partial charge in [-0.25, -0.2) is 4.98 Å². The molecule has 0 spiro atoms. The summed E-state index contributed by atoms with van der Waals surface area (Å²) < 4.78 is 5.62. The van der Waals surface area contributed by atoms with Crippen molar-refractivity contribution in [3.63, 3.8) is 0 Å². The summed E-state index contributed by atoms with van der Waals surface area (Å²) in [6, 6.07) is 13.8. The minimum atomic E-state index is 0.636. The van der Waals surface area contributed by atoms with E-state index in [9.17, 15) is 0 Å². The summed E-state index contributed by atoms with van der Waals surface area (Å²) in [4.78, 5) is 5.55. The molecule has 1 aromatic carbocycles. The summed E-state index contributed by atoms with van der Waals surface area (Å²) in [5, 5.41) is 9.93. The van der Waals surface area contributed by atoms with E-state index in [1.807, 2.05) is 47.8 Å². The molecule has 2 heterocycles. The minimum Gasteiger partial charge on any atom is -0.493 e. The third-order valence-corrected chi connectivity index (χ3v) is 4.23. The van der Waals surface area contributed by atoms with Crippen LogP contribution in [0.1, 0.15) is 0 Å². The highest BCUT2D eigenvalue weighted by molar-refractivity contribution is 7.99. The first-order valence-electron chi connectivity index (χ1n) is 6.19. The Labute approximate surface area is 125 Å². The van der Waals surface area contributed by atoms with Gasteiger partial charge in [0.2, 0.25) is 5.16 Å². The molecule has 102 valence electrons. The zero-order valence-corrected chi connectivity index (χ0v) is 12.3. The van der Waals surface area contributed by atoms with Crippen LogP contribution in [0.5, 0.6) is 5.75 Å². The maximum absolute atomic E-state index is 5.62. The Morgan fingerprint density at radius 2 is 2.05 bits per heavy atom. The number of nitrogens with zero attached hydrogens (tertiary/aromatic N) is 2. The second-order valence-electron chi connectivity index (χ2n) is 3.95. The summed E-state index contributed by atoms with van der Waals surface area (Å²) >= 11 is 3.23. The molecule has 3 aromatic rings. The van der Waals surface area contributed by atoms with Crippen LogP contribution in [0.4, 0.5) is 0 Å². The largest absolute Gasteiger partial charge is 0.493 e. The summed E-state index contributed by atoms with van der Waals surface area (Å²) in [7, 11) is 0. The minimum absolute atomic E-state index is 0.636. The Hall–Kier alpha value is -1.79. The molecular weight excluding hydrogens is 290 g/mol. The second kappa shape index (κ2) is 6.58. The molecule has 6 heteroatoms. The number of nitrogens with one attached hydrogen (secondary N) is 1. The van der Waals surface area contributed by atoms with E-state index in [0.717, 1.165) is 27.4 Å². The Balaban J connectivity index is 1.47. The first kappa shape index (κ1) is 13.2. The van der Waals surface area contributed by atoms with Gasteiger partial charge in [-0.2, -0.15) is 0 Å². The standard InChI is InChI=1S/C14H13N3OS2/c1-2-5-11(6-3-1)18-8-10-20-14-15-13(16-17-14)12-7-4-9-19-12/h1-7,9H,8,10H2,(H,15,16,17). The van der Waals surface area contributed by atoms with Crippen LogP contribution < -0.4 is 4.74 Å². The average Bonchev–Trinajstić information content (AvgIpc) is 3.15.